The third-order valence-electron chi connectivity index (χ3n) is 7.89. The maximum absolute atomic E-state index is 12.9. The van der Waals surface area contributed by atoms with Crippen molar-refractivity contribution in [1.82, 2.24) is 4.90 Å². The summed E-state index contributed by atoms with van der Waals surface area (Å²) in [4.78, 5) is 27.2. The van der Waals surface area contributed by atoms with Gasteiger partial charge in [0.05, 0.1) is 23.5 Å². The minimum absolute atomic E-state index is 0.0197. The minimum atomic E-state index is -3.10. The van der Waals surface area contributed by atoms with Crippen molar-refractivity contribution in [3.63, 3.8) is 0 Å². The first-order valence-electron chi connectivity index (χ1n) is 11.9. The number of carbonyl (C=O) groups is 1. The molecule has 1 atom stereocenters. The molecule has 2 aliphatic heterocycles. The van der Waals surface area contributed by atoms with Crippen LogP contribution in [0.5, 0.6) is 5.75 Å². The zero-order valence-corrected chi connectivity index (χ0v) is 20.1. The summed E-state index contributed by atoms with van der Waals surface area (Å²) >= 11 is 0. The summed E-state index contributed by atoms with van der Waals surface area (Å²) in [7, 11) is -1.49. The first-order chi connectivity index (χ1) is 15.7. The van der Waals surface area contributed by atoms with Gasteiger partial charge in [-0.2, -0.15) is 0 Å². The summed E-state index contributed by atoms with van der Waals surface area (Å²) in [6.07, 6.45) is 8.05. The molecule has 5 rings (SSSR count). The fraction of sp³-hybridized carbons (Fsp3) is 0.600. The lowest BCUT2D eigenvalue weighted by molar-refractivity contribution is -0.130. The molecule has 1 spiro atoms. The summed E-state index contributed by atoms with van der Waals surface area (Å²) in [5.74, 6) is 0.617. The number of amides is 1. The van der Waals surface area contributed by atoms with Crippen LogP contribution < -0.4 is 10.4 Å². The number of fused-ring (bicyclic) bond motifs is 2. The van der Waals surface area contributed by atoms with Crippen molar-refractivity contribution in [1.29, 1.82) is 0 Å². The smallest absolute Gasteiger partial charge is 0.340 e. The molecular formula is C25H31NO6S. The maximum atomic E-state index is 12.9. The van der Waals surface area contributed by atoms with Gasteiger partial charge in [-0.15, -0.1) is 0 Å². The van der Waals surface area contributed by atoms with Crippen LogP contribution in [0.25, 0.3) is 11.0 Å². The second-order valence-corrected chi connectivity index (χ2v) is 12.3. The first-order valence-corrected chi connectivity index (χ1v) is 13.7. The lowest BCUT2D eigenvalue weighted by Crippen LogP contribution is -2.41. The molecule has 178 valence electrons. The molecule has 8 heteroatoms. The topological polar surface area (TPSA) is 93.9 Å². The molecule has 0 bridgehead atoms. The number of nitrogens with zero attached hydrogens (tertiary/aromatic N) is 1. The van der Waals surface area contributed by atoms with Gasteiger partial charge in [-0.25, -0.2) is 13.2 Å². The molecule has 2 aromatic rings. The number of rotatable bonds is 3. The summed E-state index contributed by atoms with van der Waals surface area (Å²) in [6.45, 7) is 1.85. The minimum Gasteiger partial charge on any atom is -0.487 e. The van der Waals surface area contributed by atoms with Crippen LogP contribution in [-0.2, 0) is 27.5 Å². The van der Waals surface area contributed by atoms with E-state index in [9.17, 15) is 18.0 Å². The lowest BCUT2D eigenvalue weighted by atomic mass is 9.79. The number of hydrogen-bond acceptors (Lipinski definition) is 6. The number of likely N-dealkylation sites (N-methyl/N-ethyl adjacent to an activating group) is 1. The van der Waals surface area contributed by atoms with Gasteiger partial charge in [-0.05, 0) is 69.1 Å². The molecule has 1 saturated heterocycles. The lowest BCUT2D eigenvalue weighted by Gasteiger charge is -2.41. The van der Waals surface area contributed by atoms with Crippen LogP contribution in [0.3, 0.4) is 0 Å². The Morgan fingerprint density at radius 2 is 1.94 bits per heavy atom. The second kappa shape index (κ2) is 8.15. The number of hydrogen-bond donors (Lipinski definition) is 0. The molecule has 0 unspecified atom stereocenters. The molecule has 0 radical (unpaired) electrons. The number of carbonyl (C=O) groups excluding carboxylic acids is 1. The van der Waals surface area contributed by atoms with E-state index in [4.69, 9.17) is 9.15 Å². The highest BCUT2D eigenvalue weighted by molar-refractivity contribution is 7.91. The summed E-state index contributed by atoms with van der Waals surface area (Å²) in [5.41, 5.74) is 2.06. The number of sulfone groups is 1. The zero-order chi connectivity index (χ0) is 23.4. The van der Waals surface area contributed by atoms with Gasteiger partial charge < -0.3 is 14.1 Å². The zero-order valence-electron chi connectivity index (χ0n) is 19.3. The fourth-order valence-corrected chi connectivity index (χ4v) is 7.49. The Balaban J connectivity index is 1.42. The van der Waals surface area contributed by atoms with Crippen molar-refractivity contribution in [3.8, 4) is 5.75 Å². The molecule has 1 amide bonds. The Labute approximate surface area is 194 Å². The van der Waals surface area contributed by atoms with Crippen molar-refractivity contribution in [3.05, 3.63) is 39.2 Å². The van der Waals surface area contributed by atoms with Crippen LogP contribution in [0.15, 0.2) is 21.3 Å². The fourth-order valence-electron chi connectivity index (χ4n) is 5.71. The highest BCUT2D eigenvalue weighted by atomic mass is 32.2. The van der Waals surface area contributed by atoms with Crippen LogP contribution in [0.2, 0.25) is 0 Å². The van der Waals surface area contributed by atoms with E-state index < -0.39 is 15.5 Å². The van der Waals surface area contributed by atoms with Crippen molar-refractivity contribution < 1.29 is 22.4 Å². The van der Waals surface area contributed by atoms with Gasteiger partial charge in [0, 0.05) is 24.5 Å². The van der Waals surface area contributed by atoms with E-state index in [0.717, 1.165) is 47.9 Å². The van der Waals surface area contributed by atoms with Crippen LogP contribution in [0.1, 0.15) is 61.6 Å². The molecule has 0 N–H and O–H groups in total. The highest BCUT2D eigenvalue weighted by Crippen LogP contribution is 2.43. The van der Waals surface area contributed by atoms with Gasteiger partial charge in [0.15, 0.2) is 9.84 Å². The molecule has 2 fully saturated rings. The van der Waals surface area contributed by atoms with Gasteiger partial charge in [0.2, 0.25) is 5.91 Å². The monoisotopic (exact) mass is 473 g/mol. The van der Waals surface area contributed by atoms with Gasteiger partial charge in [-0.1, -0.05) is 6.42 Å². The standard InChI is InChI=1S/C25H31NO6S/c1-16-19-12-17-6-10-25(8-4-3-5-9-25)32-21(17)14-22(19)31-24(28)20(16)13-23(27)26(2)18-7-11-33(29,30)15-18/h12,14,18H,3-11,13,15H2,1-2H3/t18-/m1/s1. The van der Waals surface area contributed by atoms with E-state index in [1.54, 1.807) is 7.05 Å². The van der Waals surface area contributed by atoms with Crippen molar-refractivity contribution in [2.45, 2.75) is 76.4 Å². The van der Waals surface area contributed by atoms with Crippen LogP contribution in [0, 0.1) is 6.92 Å². The van der Waals surface area contributed by atoms with Crippen molar-refractivity contribution in [2.75, 3.05) is 18.6 Å². The average molecular weight is 474 g/mol. The predicted octanol–water partition coefficient (Wildman–Crippen LogP) is 3.32. The van der Waals surface area contributed by atoms with E-state index in [-0.39, 0.29) is 35.5 Å². The van der Waals surface area contributed by atoms with E-state index in [1.807, 2.05) is 19.1 Å². The molecular weight excluding hydrogens is 442 g/mol. The Kier molecular flexibility index (Phi) is 5.54. The highest BCUT2D eigenvalue weighted by Gasteiger charge is 2.38. The molecule has 1 aromatic carbocycles. The van der Waals surface area contributed by atoms with Gasteiger partial charge in [0.25, 0.3) is 0 Å². The Bertz CT molecular complexity index is 1270. The number of benzene rings is 1. The predicted molar refractivity (Wildman–Crippen MR) is 126 cm³/mol. The summed E-state index contributed by atoms with van der Waals surface area (Å²) in [5, 5.41) is 0.824. The average Bonchev–Trinajstić information content (AvgIpc) is 3.15. The third kappa shape index (κ3) is 4.18. The molecule has 33 heavy (non-hydrogen) atoms. The van der Waals surface area contributed by atoms with E-state index in [1.165, 1.54) is 24.2 Å². The molecule has 1 aromatic heterocycles. The second-order valence-electron chi connectivity index (χ2n) is 10.0. The number of aryl methyl sites for hydroxylation is 2. The normalized spacial score (nSPS) is 23.3. The van der Waals surface area contributed by atoms with E-state index >= 15 is 0 Å². The Morgan fingerprint density at radius 1 is 1.18 bits per heavy atom. The first kappa shape index (κ1) is 22.4. The largest absolute Gasteiger partial charge is 0.487 e. The quantitative estimate of drug-likeness (QED) is 0.635. The molecule has 3 aliphatic rings. The number of ether oxygens (including phenoxy) is 1. The molecule has 1 aliphatic carbocycles. The van der Waals surface area contributed by atoms with Gasteiger partial charge in [0.1, 0.15) is 16.9 Å². The Morgan fingerprint density at radius 3 is 2.64 bits per heavy atom. The van der Waals surface area contributed by atoms with Gasteiger partial charge >= 0.3 is 5.63 Å². The summed E-state index contributed by atoms with van der Waals surface area (Å²) in [6, 6.07) is 3.54. The van der Waals surface area contributed by atoms with E-state index in [0.29, 0.717) is 17.6 Å². The van der Waals surface area contributed by atoms with Crippen LogP contribution in [0.4, 0.5) is 0 Å². The molecule has 3 heterocycles. The van der Waals surface area contributed by atoms with Crippen molar-refractivity contribution in [2.24, 2.45) is 0 Å². The molecule has 1 saturated carbocycles. The SMILES string of the molecule is Cc1c(CC(=O)N(C)[C@@H]2CCS(=O)(=O)C2)c(=O)oc2cc3c(cc12)CCC1(CCCCC1)O3. The summed E-state index contributed by atoms with van der Waals surface area (Å²) < 4.78 is 35.7. The van der Waals surface area contributed by atoms with E-state index in [2.05, 4.69) is 0 Å². The maximum Gasteiger partial charge on any atom is 0.340 e. The third-order valence-corrected chi connectivity index (χ3v) is 9.64. The molecule has 7 nitrogen and oxygen atoms in total. The Hall–Kier alpha value is -2.35. The van der Waals surface area contributed by atoms with Crippen LogP contribution in [-0.4, -0.2) is 49.4 Å². The van der Waals surface area contributed by atoms with Crippen molar-refractivity contribution >= 4 is 26.7 Å². The van der Waals surface area contributed by atoms with Gasteiger partial charge in [-0.3, -0.25) is 4.79 Å². The van der Waals surface area contributed by atoms with Crippen LogP contribution >= 0.6 is 0 Å².